The molecule has 0 amide bonds. The lowest BCUT2D eigenvalue weighted by Crippen LogP contribution is -2.11. The third-order valence-corrected chi connectivity index (χ3v) is 3.75. The molecule has 2 rings (SSSR count). The number of aryl methyl sites for hydroxylation is 1. The summed E-state index contributed by atoms with van der Waals surface area (Å²) >= 11 is 6.19. The van der Waals surface area contributed by atoms with E-state index in [1.165, 1.54) is 14.2 Å². The van der Waals surface area contributed by atoms with Crippen LogP contribution in [0.3, 0.4) is 0 Å². The van der Waals surface area contributed by atoms with E-state index in [9.17, 15) is 5.11 Å². The number of benzene rings is 2. The summed E-state index contributed by atoms with van der Waals surface area (Å²) in [6.45, 7) is 1.96. The van der Waals surface area contributed by atoms with Crippen molar-refractivity contribution in [3.05, 3.63) is 46.5 Å². The number of hydrogen-bond donors (Lipinski definition) is 2. The van der Waals surface area contributed by atoms with E-state index in [2.05, 4.69) is 0 Å². The van der Waals surface area contributed by atoms with Crippen molar-refractivity contribution in [1.82, 2.24) is 0 Å². The van der Waals surface area contributed by atoms with Gasteiger partial charge >= 0.3 is 0 Å². The number of rotatable bonds is 6. The van der Waals surface area contributed by atoms with Gasteiger partial charge in [0, 0.05) is 11.6 Å². The van der Waals surface area contributed by atoms with E-state index in [0.29, 0.717) is 33.5 Å². The van der Waals surface area contributed by atoms with Crippen LogP contribution in [-0.2, 0) is 0 Å². The quantitative estimate of drug-likeness (QED) is 0.791. The molecule has 124 valence electrons. The zero-order valence-electron chi connectivity index (χ0n) is 13.3. The van der Waals surface area contributed by atoms with Crippen molar-refractivity contribution in [3.63, 3.8) is 0 Å². The third kappa shape index (κ3) is 4.00. The van der Waals surface area contributed by atoms with Crippen LogP contribution in [0.25, 0.3) is 0 Å². The van der Waals surface area contributed by atoms with E-state index in [-0.39, 0.29) is 6.61 Å². The minimum atomic E-state index is -0.928. The van der Waals surface area contributed by atoms with Gasteiger partial charge in [0.25, 0.3) is 0 Å². The van der Waals surface area contributed by atoms with Gasteiger partial charge in [0.2, 0.25) is 0 Å². The number of halogens is 1. The molecule has 0 radical (unpaired) electrons. The van der Waals surface area contributed by atoms with E-state index in [1.807, 2.05) is 19.1 Å². The van der Waals surface area contributed by atoms with Crippen LogP contribution in [0.5, 0.6) is 17.2 Å². The summed E-state index contributed by atoms with van der Waals surface area (Å²) in [6, 6.07) is 8.70. The average Bonchev–Trinajstić information content (AvgIpc) is 2.53. The van der Waals surface area contributed by atoms with Crippen molar-refractivity contribution in [3.8, 4) is 17.2 Å². The van der Waals surface area contributed by atoms with E-state index < -0.39 is 6.10 Å². The largest absolute Gasteiger partial charge is 0.493 e. The number of nitrogens with two attached hydrogens (primary N) is 1. The number of anilines is 1. The fourth-order valence-electron chi connectivity index (χ4n) is 2.18. The Hall–Kier alpha value is -2.11. The molecule has 0 fully saturated rings. The Bertz CT molecular complexity index is 691. The molecule has 0 spiro atoms. The molecule has 0 aliphatic heterocycles. The highest BCUT2D eigenvalue weighted by Gasteiger charge is 2.17. The Labute approximate surface area is 140 Å². The molecular formula is C17H20ClNO4. The summed E-state index contributed by atoms with van der Waals surface area (Å²) in [6.07, 6.45) is -0.928. The molecule has 0 saturated carbocycles. The Kier molecular flexibility index (Phi) is 5.58. The molecule has 0 saturated heterocycles. The zero-order chi connectivity index (χ0) is 17.0. The highest BCUT2D eigenvalue weighted by molar-refractivity contribution is 6.31. The smallest absolute Gasteiger partial charge is 0.162 e. The highest BCUT2D eigenvalue weighted by Crippen LogP contribution is 2.36. The molecule has 0 aliphatic carbocycles. The van der Waals surface area contributed by atoms with Crippen molar-refractivity contribution in [2.45, 2.75) is 13.0 Å². The third-order valence-electron chi connectivity index (χ3n) is 3.42. The van der Waals surface area contributed by atoms with Crippen molar-refractivity contribution in [2.24, 2.45) is 0 Å². The summed E-state index contributed by atoms with van der Waals surface area (Å²) in [5.74, 6) is 1.50. The molecule has 5 nitrogen and oxygen atoms in total. The molecule has 1 unspecified atom stereocenters. The number of aliphatic hydroxyl groups excluding tert-OH is 1. The first-order valence-corrected chi connectivity index (χ1v) is 7.42. The molecule has 0 aliphatic rings. The second kappa shape index (κ2) is 7.44. The minimum Gasteiger partial charge on any atom is -0.493 e. The van der Waals surface area contributed by atoms with E-state index in [4.69, 9.17) is 31.5 Å². The van der Waals surface area contributed by atoms with Crippen molar-refractivity contribution in [2.75, 3.05) is 26.6 Å². The maximum absolute atomic E-state index is 10.3. The number of aliphatic hydroxyl groups is 1. The zero-order valence-corrected chi connectivity index (χ0v) is 14.1. The maximum Gasteiger partial charge on any atom is 0.162 e. The lowest BCUT2D eigenvalue weighted by atomic mass is 10.1. The normalized spacial score (nSPS) is 11.9. The van der Waals surface area contributed by atoms with Gasteiger partial charge in [-0.3, -0.25) is 0 Å². The number of ether oxygens (including phenoxy) is 3. The summed E-state index contributed by atoms with van der Waals surface area (Å²) in [7, 11) is 3.04. The molecule has 6 heteroatoms. The second-order valence-corrected chi connectivity index (χ2v) is 5.50. The van der Waals surface area contributed by atoms with Gasteiger partial charge in [-0.25, -0.2) is 0 Å². The summed E-state index contributed by atoms with van der Waals surface area (Å²) in [4.78, 5) is 0. The van der Waals surface area contributed by atoms with Gasteiger partial charge in [0.05, 0.1) is 24.9 Å². The van der Waals surface area contributed by atoms with Crippen LogP contribution in [0.1, 0.15) is 17.2 Å². The van der Waals surface area contributed by atoms with E-state index in [0.717, 1.165) is 5.56 Å². The molecule has 2 aromatic rings. The van der Waals surface area contributed by atoms with Crippen molar-refractivity contribution in [1.29, 1.82) is 0 Å². The van der Waals surface area contributed by atoms with Crippen molar-refractivity contribution < 1.29 is 19.3 Å². The second-order valence-electron chi connectivity index (χ2n) is 5.10. The Balaban J connectivity index is 2.15. The van der Waals surface area contributed by atoms with Crippen LogP contribution in [0.2, 0.25) is 5.02 Å². The maximum atomic E-state index is 10.3. The molecule has 0 heterocycles. The molecular weight excluding hydrogens is 318 g/mol. The van der Waals surface area contributed by atoms with Gasteiger partial charge in [0.1, 0.15) is 18.5 Å². The van der Waals surface area contributed by atoms with Crippen LogP contribution < -0.4 is 19.9 Å². The summed E-state index contributed by atoms with van der Waals surface area (Å²) in [5.41, 5.74) is 7.95. The summed E-state index contributed by atoms with van der Waals surface area (Å²) < 4.78 is 16.0. The Morgan fingerprint density at radius 1 is 1.09 bits per heavy atom. The first-order valence-electron chi connectivity index (χ1n) is 7.04. The fourth-order valence-corrected chi connectivity index (χ4v) is 2.46. The average molecular weight is 338 g/mol. The summed E-state index contributed by atoms with van der Waals surface area (Å²) in [5, 5.41) is 10.7. The predicted octanol–water partition coefficient (Wildman–Crippen LogP) is 3.36. The van der Waals surface area contributed by atoms with Gasteiger partial charge < -0.3 is 25.1 Å². The van der Waals surface area contributed by atoms with Gasteiger partial charge in [-0.2, -0.15) is 0 Å². The fraction of sp³-hybridized carbons (Fsp3) is 0.294. The van der Waals surface area contributed by atoms with Crippen LogP contribution in [0.15, 0.2) is 30.3 Å². The van der Waals surface area contributed by atoms with Crippen LogP contribution in [0.4, 0.5) is 5.69 Å². The highest BCUT2D eigenvalue weighted by atomic mass is 35.5. The number of nitrogen functional groups attached to an aromatic ring is 1. The van der Waals surface area contributed by atoms with E-state index >= 15 is 0 Å². The Morgan fingerprint density at radius 2 is 1.74 bits per heavy atom. The minimum absolute atomic E-state index is 0.0163. The molecule has 0 aromatic heterocycles. The topological polar surface area (TPSA) is 73.9 Å². The van der Waals surface area contributed by atoms with Crippen LogP contribution in [0, 0.1) is 6.92 Å². The molecule has 0 bridgehead atoms. The standard InChI is InChI=1S/C17H20ClNO4/c1-10-4-5-15(13(19)6-10)23-9-14(20)11-7-16(21-2)17(22-3)8-12(11)18/h4-8,14,20H,9,19H2,1-3H3. The SMILES string of the molecule is COc1cc(Cl)c(C(O)COc2ccc(C)cc2N)cc1OC. The van der Waals surface area contributed by atoms with Gasteiger partial charge in [-0.05, 0) is 30.7 Å². The predicted molar refractivity (Wildman–Crippen MR) is 90.6 cm³/mol. The molecule has 2 aromatic carbocycles. The first kappa shape index (κ1) is 17.2. The molecule has 23 heavy (non-hydrogen) atoms. The van der Waals surface area contributed by atoms with Crippen molar-refractivity contribution >= 4 is 17.3 Å². The number of hydrogen-bond acceptors (Lipinski definition) is 5. The van der Waals surface area contributed by atoms with Gasteiger partial charge in [-0.15, -0.1) is 0 Å². The lowest BCUT2D eigenvalue weighted by Gasteiger charge is -2.17. The monoisotopic (exact) mass is 337 g/mol. The van der Waals surface area contributed by atoms with E-state index in [1.54, 1.807) is 18.2 Å². The number of methoxy groups -OCH3 is 2. The van der Waals surface area contributed by atoms with Gasteiger partial charge in [-0.1, -0.05) is 17.7 Å². The first-order chi connectivity index (χ1) is 11.0. The molecule has 1 atom stereocenters. The molecule has 3 N–H and O–H groups in total. The van der Waals surface area contributed by atoms with Crippen LogP contribution >= 0.6 is 11.6 Å². The Morgan fingerprint density at radius 3 is 2.35 bits per heavy atom. The lowest BCUT2D eigenvalue weighted by molar-refractivity contribution is 0.108. The van der Waals surface area contributed by atoms with Gasteiger partial charge in [0.15, 0.2) is 11.5 Å². The van der Waals surface area contributed by atoms with Crippen LogP contribution in [-0.4, -0.2) is 25.9 Å².